The van der Waals surface area contributed by atoms with E-state index in [2.05, 4.69) is 27.8 Å². The van der Waals surface area contributed by atoms with Crippen LogP contribution in [0.5, 0.6) is 11.5 Å². The average molecular weight is 486 g/mol. The number of rotatable bonds is 5. The number of benzene rings is 2. The Hall–Kier alpha value is -2.65. The van der Waals surface area contributed by atoms with Crippen molar-refractivity contribution in [2.45, 2.75) is 45.3 Å². The van der Waals surface area contributed by atoms with Gasteiger partial charge in [-0.25, -0.2) is 4.79 Å². The first-order chi connectivity index (χ1) is 14.8. The molecule has 3 rings (SSSR count). The largest absolute Gasteiger partial charge is 0.491 e. The molecule has 0 bridgehead atoms. The number of carbonyl (C=O) groups is 1. The van der Waals surface area contributed by atoms with Gasteiger partial charge in [-0.05, 0) is 82.1 Å². The predicted molar refractivity (Wildman–Crippen MR) is 124 cm³/mol. The van der Waals surface area contributed by atoms with Gasteiger partial charge in [-0.15, -0.1) is 0 Å². The lowest BCUT2D eigenvalue weighted by atomic mass is 10.2. The van der Waals surface area contributed by atoms with Crippen molar-refractivity contribution >= 4 is 22.0 Å². The smallest absolute Gasteiger partial charge is 0.410 e. The lowest BCUT2D eigenvalue weighted by Crippen LogP contribution is -2.42. The summed E-state index contributed by atoms with van der Waals surface area (Å²) in [5, 5.41) is 0. The van der Waals surface area contributed by atoms with Gasteiger partial charge in [-0.3, -0.25) is 0 Å². The normalized spacial score (nSPS) is 15.7. The van der Waals surface area contributed by atoms with Crippen molar-refractivity contribution < 1.29 is 19.0 Å². The third kappa shape index (κ3) is 7.52. The van der Waals surface area contributed by atoms with E-state index in [0.29, 0.717) is 19.8 Å². The van der Waals surface area contributed by atoms with Crippen molar-refractivity contribution in [3.8, 4) is 23.3 Å². The Labute approximate surface area is 192 Å². The van der Waals surface area contributed by atoms with Gasteiger partial charge in [0.2, 0.25) is 0 Å². The third-order valence-corrected chi connectivity index (χ3v) is 5.19. The monoisotopic (exact) mass is 485 g/mol. The predicted octanol–water partition coefficient (Wildman–Crippen LogP) is 5.66. The zero-order valence-corrected chi connectivity index (χ0v) is 19.8. The number of carbonyl (C=O) groups excluding carboxylic acids is 1. The van der Waals surface area contributed by atoms with Crippen molar-refractivity contribution in [1.82, 2.24) is 4.90 Å². The van der Waals surface area contributed by atoms with Crippen LogP contribution in [0.3, 0.4) is 0 Å². The number of nitrogens with zero attached hydrogens (tertiary/aromatic N) is 1. The first kappa shape index (κ1) is 23.0. The van der Waals surface area contributed by atoms with E-state index in [1.54, 1.807) is 4.90 Å². The van der Waals surface area contributed by atoms with E-state index in [0.717, 1.165) is 34.4 Å². The maximum Gasteiger partial charge on any atom is 0.410 e. The van der Waals surface area contributed by atoms with Crippen molar-refractivity contribution in [3.63, 3.8) is 0 Å². The summed E-state index contributed by atoms with van der Waals surface area (Å²) in [7, 11) is 0. The van der Waals surface area contributed by atoms with Crippen molar-refractivity contribution in [1.29, 1.82) is 0 Å². The van der Waals surface area contributed by atoms with E-state index >= 15 is 0 Å². The molecule has 2 aromatic carbocycles. The van der Waals surface area contributed by atoms with Crippen LogP contribution in [0.4, 0.5) is 4.79 Å². The van der Waals surface area contributed by atoms with Gasteiger partial charge < -0.3 is 19.1 Å². The van der Waals surface area contributed by atoms with Gasteiger partial charge in [-0.2, -0.15) is 0 Å². The Morgan fingerprint density at radius 3 is 2.35 bits per heavy atom. The summed E-state index contributed by atoms with van der Waals surface area (Å²) in [6.07, 6.45) is 1.60. The third-order valence-electron chi connectivity index (χ3n) is 4.66. The maximum absolute atomic E-state index is 12.4. The number of halogens is 1. The van der Waals surface area contributed by atoms with Crippen LogP contribution in [0.2, 0.25) is 0 Å². The molecule has 1 atom stereocenters. The Balaban J connectivity index is 1.45. The van der Waals surface area contributed by atoms with Crippen LogP contribution in [-0.2, 0) is 4.74 Å². The van der Waals surface area contributed by atoms with Crippen molar-refractivity contribution in [3.05, 3.63) is 58.6 Å². The van der Waals surface area contributed by atoms with Gasteiger partial charge in [0.25, 0.3) is 0 Å². The zero-order valence-electron chi connectivity index (χ0n) is 18.2. The summed E-state index contributed by atoms with van der Waals surface area (Å²) in [6, 6.07) is 15.3. The van der Waals surface area contributed by atoms with Crippen LogP contribution >= 0.6 is 15.9 Å². The average Bonchev–Trinajstić information content (AvgIpc) is 3.19. The summed E-state index contributed by atoms with van der Waals surface area (Å²) >= 11 is 3.41. The van der Waals surface area contributed by atoms with E-state index in [4.69, 9.17) is 14.2 Å². The number of ether oxygens (including phenoxy) is 3. The molecule has 31 heavy (non-hydrogen) atoms. The van der Waals surface area contributed by atoms with Crippen LogP contribution < -0.4 is 9.47 Å². The molecule has 5 nitrogen and oxygen atoms in total. The second-order valence-corrected chi connectivity index (χ2v) is 9.27. The molecule has 0 aromatic heterocycles. The molecular weight excluding hydrogens is 458 g/mol. The van der Waals surface area contributed by atoms with E-state index in [1.807, 2.05) is 69.3 Å². The minimum atomic E-state index is -0.496. The molecule has 1 unspecified atom stereocenters. The maximum atomic E-state index is 12.4. The second-order valence-electron chi connectivity index (χ2n) is 8.35. The van der Waals surface area contributed by atoms with Crippen molar-refractivity contribution in [2.75, 3.05) is 19.8 Å². The molecule has 164 valence electrons. The fourth-order valence-electron chi connectivity index (χ4n) is 3.19. The molecule has 1 amide bonds. The highest BCUT2D eigenvalue weighted by Crippen LogP contribution is 2.23. The van der Waals surface area contributed by atoms with Crippen LogP contribution in [0.1, 0.15) is 39.2 Å². The van der Waals surface area contributed by atoms with E-state index in [9.17, 15) is 4.79 Å². The van der Waals surface area contributed by atoms with Gasteiger partial charge in [0, 0.05) is 16.6 Å². The standard InChI is InChI=1S/C25H28BrNO4/c1-25(2,3)31-24(28)27-16-4-7-21(27)18-30-23-14-12-22(13-15-23)29-17-5-6-19-8-10-20(26)11-9-19/h8-15,21H,4,7,16-18H2,1-3H3. The molecule has 0 aliphatic carbocycles. The summed E-state index contributed by atoms with van der Waals surface area (Å²) < 4.78 is 18.1. The molecule has 0 saturated carbocycles. The number of hydrogen-bond acceptors (Lipinski definition) is 4. The van der Waals surface area contributed by atoms with Gasteiger partial charge in [0.05, 0.1) is 6.04 Å². The number of likely N-dealkylation sites (tertiary alicyclic amines) is 1. The Morgan fingerprint density at radius 1 is 1.06 bits per heavy atom. The highest BCUT2D eigenvalue weighted by molar-refractivity contribution is 9.10. The number of amides is 1. The first-order valence-corrected chi connectivity index (χ1v) is 11.2. The molecular formula is C25H28BrNO4. The van der Waals surface area contributed by atoms with Crippen molar-refractivity contribution in [2.24, 2.45) is 0 Å². The lowest BCUT2D eigenvalue weighted by Gasteiger charge is -2.28. The molecule has 1 heterocycles. The first-order valence-electron chi connectivity index (χ1n) is 10.4. The van der Waals surface area contributed by atoms with E-state index < -0.39 is 5.60 Å². The Kier molecular flexibility index (Phi) is 7.86. The summed E-state index contributed by atoms with van der Waals surface area (Å²) in [6.45, 7) is 7.09. The molecule has 6 heteroatoms. The van der Waals surface area contributed by atoms with Crippen LogP contribution in [0.15, 0.2) is 53.0 Å². The van der Waals surface area contributed by atoms with Crippen LogP contribution in [0.25, 0.3) is 0 Å². The molecule has 1 aliphatic rings. The van der Waals surface area contributed by atoms with Gasteiger partial charge in [0.1, 0.15) is 30.3 Å². The molecule has 0 N–H and O–H groups in total. The van der Waals surface area contributed by atoms with E-state index in [1.165, 1.54) is 0 Å². The van der Waals surface area contributed by atoms with E-state index in [-0.39, 0.29) is 12.1 Å². The molecule has 2 aromatic rings. The fourth-order valence-corrected chi connectivity index (χ4v) is 3.45. The van der Waals surface area contributed by atoms with Crippen LogP contribution in [0, 0.1) is 11.8 Å². The minimum absolute atomic E-state index is 0.0275. The fraction of sp³-hybridized carbons (Fsp3) is 0.400. The summed E-state index contributed by atoms with van der Waals surface area (Å²) in [5.41, 5.74) is 0.451. The molecule has 1 fully saturated rings. The zero-order chi connectivity index (χ0) is 22.3. The number of hydrogen-bond donors (Lipinski definition) is 0. The summed E-state index contributed by atoms with van der Waals surface area (Å²) in [5.74, 6) is 7.55. The highest BCUT2D eigenvalue weighted by atomic mass is 79.9. The Morgan fingerprint density at radius 2 is 1.71 bits per heavy atom. The summed E-state index contributed by atoms with van der Waals surface area (Å²) in [4.78, 5) is 14.1. The Bertz CT molecular complexity index is 923. The molecule has 1 saturated heterocycles. The topological polar surface area (TPSA) is 48.0 Å². The molecule has 0 spiro atoms. The minimum Gasteiger partial charge on any atom is -0.491 e. The quantitative estimate of drug-likeness (QED) is 0.512. The second kappa shape index (κ2) is 10.6. The van der Waals surface area contributed by atoms with Gasteiger partial charge >= 0.3 is 6.09 Å². The molecule has 1 aliphatic heterocycles. The highest BCUT2D eigenvalue weighted by Gasteiger charge is 2.32. The SMILES string of the molecule is CC(C)(C)OC(=O)N1CCCC1COc1ccc(OCC#Cc2ccc(Br)cc2)cc1. The lowest BCUT2D eigenvalue weighted by molar-refractivity contribution is 0.0187. The van der Waals surface area contributed by atoms with Gasteiger partial charge in [0.15, 0.2) is 0 Å². The van der Waals surface area contributed by atoms with Gasteiger partial charge in [-0.1, -0.05) is 27.8 Å². The van der Waals surface area contributed by atoms with Crippen LogP contribution in [-0.4, -0.2) is 42.4 Å². The molecule has 0 radical (unpaired) electrons.